The van der Waals surface area contributed by atoms with E-state index < -0.39 is 6.04 Å². The van der Waals surface area contributed by atoms with Crippen LogP contribution in [0.2, 0.25) is 5.02 Å². The highest BCUT2D eigenvalue weighted by atomic mass is 35.5. The van der Waals surface area contributed by atoms with Crippen LogP contribution < -0.4 is 5.32 Å². The Bertz CT molecular complexity index is 1060. The Morgan fingerprint density at radius 3 is 2.55 bits per heavy atom. The van der Waals surface area contributed by atoms with Crippen LogP contribution in [0.4, 0.5) is 0 Å². The van der Waals surface area contributed by atoms with Crippen molar-refractivity contribution < 1.29 is 9.59 Å². The third-order valence-electron chi connectivity index (χ3n) is 5.52. The summed E-state index contributed by atoms with van der Waals surface area (Å²) in [5.41, 5.74) is 3.96. The molecule has 0 radical (unpaired) electrons. The summed E-state index contributed by atoms with van der Waals surface area (Å²) in [6.07, 6.45) is 0.783. The van der Waals surface area contributed by atoms with Crippen molar-refractivity contribution in [2.24, 2.45) is 5.92 Å². The van der Waals surface area contributed by atoms with E-state index in [0.29, 0.717) is 23.7 Å². The monoisotopic (exact) mass is 409 g/mol. The van der Waals surface area contributed by atoms with Crippen molar-refractivity contribution in [3.8, 4) is 0 Å². The van der Waals surface area contributed by atoms with Gasteiger partial charge in [-0.3, -0.25) is 9.59 Å². The summed E-state index contributed by atoms with van der Waals surface area (Å²) in [6.45, 7) is 5.09. The fourth-order valence-corrected chi connectivity index (χ4v) is 4.02. The Hall–Kier alpha value is -2.79. The van der Waals surface area contributed by atoms with Gasteiger partial charge in [-0.25, -0.2) is 0 Å². The van der Waals surface area contributed by atoms with Gasteiger partial charge >= 0.3 is 0 Å². The van der Waals surface area contributed by atoms with Gasteiger partial charge in [-0.1, -0.05) is 43.6 Å². The van der Waals surface area contributed by atoms with Crippen LogP contribution in [-0.2, 0) is 17.8 Å². The molecule has 0 fully saturated rings. The van der Waals surface area contributed by atoms with Crippen LogP contribution >= 0.6 is 11.6 Å². The summed E-state index contributed by atoms with van der Waals surface area (Å²) in [5.74, 6) is -0.333. The van der Waals surface area contributed by atoms with Gasteiger partial charge < -0.3 is 15.2 Å². The number of benzene rings is 2. The molecule has 1 atom stereocenters. The SMILES string of the molecule is CC(C)C(NC(=O)c1ccc(Cl)cc1)C(=O)N1CCc2[nH]c3ccccc3c2C1. The molecule has 1 aromatic heterocycles. The second kappa shape index (κ2) is 7.91. The number of H-pyrrole nitrogens is 1. The summed E-state index contributed by atoms with van der Waals surface area (Å²) < 4.78 is 0. The van der Waals surface area contributed by atoms with Gasteiger partial charge in [0.15, 0.2) is 0 Å². The number of hydrogen-bond donors (Lipinski definition) is 2. The van der Waals surface area contributed by atoms with Gasteiger partial charge in [0.2, 0.25) is 5.91 Å². The minimum absolute atomic E-state index is 0.0249. The first kappa shape index (κ1) is 19.5. The Morgan fingerprint density at radius 2 is 1.83 bits per heavy atom. The van der Waals surface area contributed by atoms with Crippen LogP contribution in [0.5, 0.6) is 0 Å². The fourth-order valence-electron chi connectivity index (χ4n) is 3.89. The van der Waals surface area contributed by atoms with Gasteiger partial charge in [0.25, 0.3) is 5.91 Å². The Labute approximate surface area is 175 Å². The maximum atomic E-state index is 13.3. The summed E-state index contributed by atoms with van der Waals surface area (Å²) in [5, 5.41) is 4.65. The normalized spacial score (nSPS) is 14.7. The molecule has 2 N–H and O–H groups in total. The molecule has 5 nitrogen and oxygen atoms in total. The number of carbonyl (C=O) groups is 2. The molecule has 2 aromatic carbocycles. The predicted octanol–water partition coefficient (Wildman–Crippen LogP) is 4.16. The largest absolute Gasteiger partial charge is 0.358 e. The minimum Gasteiger partial charge on any atom is -0.358 e. The highest BCUT2D eigenvalue weighted by molar-refractivity contribution is 6.30. The summed E-state index contributed by atoms with van der Waals surface area (Å²) >= 11 is 5.90. The third kappa shape index (κ3) is 3.87. The van der Waals surface area contributed by atoms with E-state index in [9.17, 15) is 9.59 Å². The van der Waals surface area contributed by atoms with Gasteiger partial charge in [0, 0.05) is 52.3 Å². The number of hydrogen-bond acceptors (Lipinski definition) is 2. The molecule has 0 spiro atoms. The van der Waals surface area contributed by atoms with E-state index in [4.69, 9.17) is 11.6 Å². The lowest BCUT2D eigenvalue weighted by atomic mass is 9.99. The molecule has 29 heavy (non-hydrogen) atoms. The molecule has 6 heteroatoms. The minimum atomic E-state index is -0.579. The maximum Gasteiger partial charge on any atom is 0.251 e. The smallest absolute Gasteiger partial charge is 0.251 e. The average Bonchev–Trinajstić information content (AvgIpc) is 3.09. The second-order valence-corrected chi connectivity index (χ2v) is 8.28. The molecule has 2 heterocycles. The zero-order valence-corrected chi connectivity index (χ0v) is 17.3. The van der Waals surface area contributed by atoms with E-state index in [2.05, 4.69) is 22.4 Å². The summed E-state index contributed by atoms with van der Waals surface area (Å²) in [6, 6.07) is 14.3. The van der Waals surface area contributed by atoms with Crippen LogP contribution in [-0.4, -0.2) is 34.3 Å². The predicted molar refractivity (Wildman–Crippen MR) is 115 cm³/mol. The highest BCUT2D eigenvalue weighted by Crippen LogP contribution is 2.28. The third-order valence-corrected chi connectivity index (χ3v) is 5.77. The van der Waals surface area contributed by atoms with E-state index >= 15 is 0 Å². The number of halogens is 1. The van der Waals surface area contributed by atoms with Crippen molar-refractivity contribution in [3.63, 3.8) is 0 Å². The van der Waals surface area contributed by atoms with Crippen molar-refractivity contribution in [1.82, 2.24) is 15.2 Å². The molecule has 0 saturated heterocycles. The van der Waals surface area contributed by atoms with Crippen molar-refractivity contribution >= 4 is 34.3 Å². The number of carbonyl (C=O) groups excluding carboxylic acids is 2. The molecular formula is C23H24ClN3O2. The van der Waals surface area contributed by atoms with Crippen LogP contribution in [0.15, 0.2) is 48.5 Å². The van der Waals surface area contributed by atoms with Crippen LogP contribution in [0, 0.1) is 5.92 Å². The fraction of sp³-hybridized carbons (Fsp3) is 0.304. The number of nitrogens with zero attached hydrogens (tertiary/aromatic N) is 1. The number of aromatic nitrogens is 1. The van der Waals surface area contributed by atoms with Crippen LogP contribution in [0.25, 0.3) is 10.9 Å². The molecule has 3 aromatic rings. The molecule has 1 unspecified atom stereocenters. The lowest BCUT2D eigenvalue weighted by Gasteiger charge is -2.32. The molecule has 1 aliphatic rings. The molecule has 0 saturated carbocycles. The van der Waals surface area contributed by atoms with E-state index in [-0.39, 0.29) is 17.7 Å². The lowest BCUT2D eigenvalue weighted by molar-refractivity contribution is -0.135. The molecule has 0 bridgehead atoms. The van der Waals surface area contributed by atoms with Gasteiger partial charge in [0.05, 0.1) is 0 Å². The Morgan fingerprint density at radius 1 is 1.10 bits per heavy atom. The van der Waals surface area contributed by atoms with Crippen molar-refractivity contribution in [1.29, 1.82) is 0 Å². The van der Waals surface area contributed by atoms with E-state index in [1.165, 1.54) is 11.3 Å². The first-order chi connectivity index (χ1) is 13.9. The number of nitrogens with one attached hydrogen (secondary N) is 2. The number of para-hydroxylation sites is 1. The second-order valence-electron chi connectivity index (χ2n) is 7.84. The summed E-state index contributed by atoms with van der Waals surface area (Å²) in [7, 11) is 0. The van der Waals surface area contributed by atoms with Gasteiger partial charge in [-0.15, -0.1) is 0 Å². The molecule has 150 valence electrons. The first-order valence-electron chi connectivity index (χ1n) is 9.87. The van der Waals surface area contributed by atoms with Crippen molar-refractivity contribution in [2.45, 2.75) is 32.9 Å². The standard InChI is InChI=1S/C23H24ClN3O2/c1-14(2)21(26-22(28)15-7-9-16(24)10-8-15)23(29)27-12-11-20-18(13-27)17-5-3-4-6-19(17)25-20/h3-10,14,21,25H,11-13H2,1-2H3,(H,26,28). The topological polar surface area (TPSA) is 65.2 Å². The van der Waals surface area contributed by atoms with Gasteiger partial charge in [-0.05, 0) is 36.2 Å². The Balaban J connectivity index is 1.53. The van der Waals surface area contributed by atoms with Gasteiger partial charge in [-0.2, -0.15) is 0 Å². The van der Waals surface area contributed by atoms with E-state index in [0.717, 1.165) is 17.3 Å². The molecular weight excluding hydrogens is 386 g/mol. The number of rotatable bonds is 4. The zero-order valence-electron chi connectivity index (χ0n) is 16.5. The average molecular weight is 410 g/mol. The zero-order chi connectivity index (χ0) is 20.5. The van der Waals surface area contributed by atoms with Crippen LogP contribution in [0.3, 0.4) is 0 Å². The molecule has 0 aliphatic carbocycles. The quantitative estimate of drug-likeness (QED) is 0.679. The molecule has 2 amide bonds. The highest BCUT2D eigenvalue weighted by Gasteiger charge is 2.32. The van der Waals surface area contributed by atoms with E-state index in [1.54, 1.807) is 24.3 Å². The van der Waals surface area contributed by atoms with Crippen LogP contribution in [0.1, 0.15) is 35.5 Å². The van der Waals surface area contributed by atoms with Gasteiger partial charge in [0.1, 0.15) is 6.04 Å². The lowest BCUT2D eigenvalue weighted by Crippen LogP contribution is -2.52. The number of aromatic amines is 1. The molecule has 4 rings (SSSR count). The van der Waals surface area contributed by atoms with E-state index in [1.807, 2.05) is 30.9 Å². The maximum absolute atomic E-state index is 13.3. The number of amides is 2. The number of fused-ring (bicyclic) bond motifs is 3. The molecule has 1 aliphatic heterocycles. The summed E-state index contributed by atoms with van der Waals surface area (Å²) in [4.78, 5) is 31.3. The Kier molecular flexibility index (Phi) is 5.33. The first-order valence-corrected chi connectivity index (χ1v) is 10.3. The van der Waals surface area contributed by atoms with Crippen molar-refractivity contribution in [2.75, 3.05) is 6.54 Å². The van der Waals surface area contributed by atoms with Crippen molar-refractivity contribution in [3.05, 3.63) is 70.4 Å².